The maximum absolute atomic E-state index is 12.8. The van der Waals surface area contributed by atoms with Gasteiger partial charge in [-0.3, -0.25) is 19.4 Å². The van der Waals surface area contributed by atoms with E-state index in [1.807, 2.05) is 44.2 Å². The zero-order chi connectivity index (χ0) is 21.5. The molecule has 0 saturated carbocycles. The lowest BCUT2D eigenvalue weighted by molar-refractivity contribution is -0.138. The molecule has 6 nitrogen and oxygen atoms in total. The Bertz CT molecular complexity index is 830. The van der Waals surface area contributed by atoms with Gasteiger partial charge >= 0.3 is 0 Å². The van der Waals surface area contributed by atoms with Crippen LogP contribution in [0.5, 0.6) is 0 Å². The molecule has 0 spiro atoms. The molecule has 2 aromatic carbocycles. The van der Waals surface area contributed by atoms with Crippen LogP contribution in [0, 0.1) is 6.92 Å². The van der Waals surface area contributed by atoms with E-state index in [2.05, 4.69) is 39.4 Å². The highest BCUT2D eigenvalue weighted by atomic mass is 16.2. The van der Waals surface area contributed by atoms with Gasteiger partial charge in [-0.05, 0) is 31.5 Å². The third-order valence-corrected chi connectivity index (χ3v) is 5.65. The summed E-state index contributed by atoms with van der Waals surface area (Å²) in [7, 11) is 1.69. The van der Waals surface area contributed by atoms with Crippen molar-refractivity contribution in [1.82, 2.24) is 14.7 Å². The van der Waals surface area contributed by atoms with Crippen LogP contribution in [0.4, 0.5) is 5.69 Å². The predicted molar refractivity (Wildman–Crippen MR) is 120 cm³/mol. The third kappa shape index (κ3) is 6.15. The van der Waals surface area contributed by atoms with Crippen LogP contribution >= 0.6 is 0 Å². The minimum Gasteiger partial charge on any atom is -0.335 e. The Morgan fingerprint density at radius 3 is 2.27 bits per heavy atom. The molecule has 1 aliphatic rings. The summed E-state index contributed by atoms with van der Waals surface area (Å²) in [6, 6.07) is 17.9. The summed E-state index contributed by atoms with van der Waals surface area (Å²) in [5.41, 5.74) is 3.20. The summed E-state index contributed by atoms with van der Waals surface area (Å²) in [4.78, 5) is 31.3. The SMILES string of the molecule is Cc1ccc(NC(=O)CN(C)C(=O)[C@H](C)N2CCN(Cc3ccccc3)CC2)cc1. The van der Waals surface area contributed by atoms with Crippen molar-refractivity contribution >= 4 is 17.5 Å². The van der Waals surface area contributed by atoms with Crippen molar-refractivity contribution in [3.05, 3.63) is 65.7 Å². The molecule has 0 aromatic heterocycles. The van der Waals surface area contributed by atoms with Crippen molar-refractivity contribution in [2.45, 2.75) is 26.4 Å². The summed E-state index contributed by atoms with van der Waals surface area (Å²) < 4.78 is 0. The van der Waals surface area contributed by atoms with E-state index in [-0.39, 0.29) is 24.4 Å². The molecule has 30 heavy (non-hydrogen) atoms. The number of aryl methyl sites for hydroxylation is 1. The molecular weight excluding hydrogens is 376 g/mol. The van der Waals surface area contributed by atoms with Gasteiger partial charge in [0.2, 0.25) is 11.8 Å². The van der Waals surface area contributed by atoms with Gasteiger partial charge in [0.05, 0.1) is 12.6 Å². The standard InChI is InChI=1S/C24H32N4O2/c1-19-9-11-22(12-10-19)25-23(29)18-26(3)24(30)20(2)28-15-13-27(14-16-28)17-21-7-5-4-6-8-21/h4-12,20H,13-18H2,1-3H3,(H,25,29)/t20-/m0/s1. The van der Waals surface area contributed by atoms with Gasteiger partial charge in [-0.25, -0.2) is 0 Å². The lowest BCUT2D eigenvalue weighted by Gasteiger charge is -2.38. The number of rotatable bonds is 7. The van der Waals surface area contributed by atoms with E-state index >= 15 is 0 Å². The molecule has 6 heteroatoms. The number of hydrogen-bond acceptors (Lipinski definition) is 4. The number of amides is 2. The smallest absolute Gasteiger partial charge is 0.243 e. The summed E-state index contributed by atoms with van der Waals surface area (Å²) in [6.45, 7) is 8.49. The Morgan fingerprint density at radius 2 is 1.63 bits per heavy atom. The highest BCUT2D eigenvalue weighted by Crippen LogP contribution is 2.12. The van der Waals surface area contributed by atoms with E-state index in [9.17, 15) is 9.59 Å². The average Bonchev–Trinajstić information content (AvgIpc) is 2.75. The number of anilines is 1. The lowest BCUT2D eigenvalue weighted by atomic mass is 10.1. The average molecular weight is 409 g/mol. The van der Waals surface area contributed by atoms with E-state index in [0.717, 1.165) is 44.0 Å². The number of piperazine rings is 1. The fraction of sp³-hybridized carbons (Fsp3) is 0.417. The largest absolute Gasteiger partial charge is 0.335 e. The first kappa shape index (κ1) is 22.0. The lowest BCUT2D eigenvalue weighted by Crippen LogP contribution is -2.54. The number of hydrogen-bond donors (Lipinski definition) is 1. The minimum atomic E-state index is -0.235. The van der Waals surface area contributed by atoms with Crippen LogP contribution in [-0.4, -0.2) is 72.3 Å². The maximum Gasteiger partial charge on any atom is 0.243 e. The first-order valence-corrected chi connectivity index (χ1v) is 10.5. The Hall–Kier alpha value is -2.70. The van der Waals surface area contributed by atoms with Gasteiger partial charge in [0.25, 0.3) is 0 Å². The van der Waals surface area contributed by atoms with Gasteiger partial charge in [-0.2, -0.15) is 0 Å². The third-order valence-electron chi connectivity index (χ3n) is 5.65. The van der Waals surface area contributed by atoms with Gasteiger partial charge < -0.3 is 10.2 Å². The van der Waals surface area contributed by atoms with Gasteiger partial charge in [-0.1, -0.05) is 48.0 Å². The summed E-state index contributed by atoms with van der Waals surface area (Å²) in [6.07, 6.45) is 0. The number of benzene rings is 2. The second-order valence-corrected chi connectivity index (χ2v) is 8.08. The molecule has 0 unspecified atom stereocenters. The maximum atomic E-state index is 12.8. The van der Waals surface area contributed by atoms with Crippen LogP contribution in [0.1, 0.15) is 18.1 Å². The quantitative estimate of drug-likeness (QED) is 0.765. The van der Waals surface area contributed by atoms with E-state index < -0.39 is 0 Å². The van der Waals surface area contributed by atoms with Crippen LogP contribution in [-0.2, 0) is 16.1 Å². The molecule has 3 rings (SSSR count). The number of carbonyl (C=O) groups is 2. The van der Waals surface area contributed by atoms with Crippen LogP contribution < -0.4 is 5.32 Å². The van der Waals surface area contributed by atoms with Gasteiger partial charge in [0.15, 0.2) is 0 Å². The number of likely N-dealkylation sites (N-methyl/N-ethyl adjacent to an activating group) is 1. The molecule has 1 atom stereocenters. The Labute approximate surface area is 179 Å². The van der Waals surface area contributed by atoms with E-state index in [1.54, 1.807) is 7.05 Å². The number of nitrogens with zero attached hydrogens (tertiary/aromatic N) is 3. The van der Waals surface area contributed by atoms with Gasteiger partial charge in [0.1, 0.15) is 0 Å². The summed E-state index contributed by atoms with van der Waals surface area (Å²) in [5, 5.41) is 2.85. The molecule has 1 aliphatic heterocycles. The monoisotopic (exact) mass is 408 g/mol. The van der Waals surface area contributed by atoms with Crippen LogP contribution in [0.25, 0.3) is 0 Å². The van der Waals surface area contributed by atoms with Crippen molar-refractivity contribution in [3.63, 3.8) is 0 Å². The summed E-state index contributed by atoms with van der Waals surface area (Å²) in [5.74, 6) is -0.208. The number of nitrogens with one attached hydrogen (secondary N) is 1. The normalized spacial score (nSPS) is 16.1. The first-order chi connectivity index (χ1) is 14.4. The molecule has 0 aliphatic carbocycles. The van der Waals surface area contributed by atoms with Crippen molar-refractivity contribution in [3.8, 4) is 0 Å². The zero-order valence-electron chi connectivity index (χ0n) is 18.2. The molecular formula is C24H32N4O2. The molecule has 2 aromatic rings. The molecule has 1 fully saturated rings. The number of carbonyl (C=O) groups excluding carboxylic acids is 2. The summed E-state index contributed by atoms with van der Waals surface area (Å²) >= 11 is 0. The molecule has 0 bridgehead atoms. The van der Waals surface area contributed by atoms with Crippen molar-refractivity contribution in [1.29, 1.82) is 0 Å². The zero-order valence-corrected chi connectivity index (χ0v) is 18.2. The van der Waals surface area contributed by atoms with Crippen LogP contribution in [0.15, 0.2) is 54.6 Å². The Kier molecular flexibility index (Phi) is 7.60. The minimum absolute atomic E-state index is 0.0226. The van der Waals surface area contributed by atoms with Crippen molar-refractivity contribution in [2.75, 3.05) is 45.1 Å². The highest BCUT2D eigenvalue weighted by molar-refractivity contribution is 5.95. The van der Waals surface area contributed by atoms with Gasteiger partial charge in [0, 0.05) is 45.5 Å². The topological polar surface area (TPSA) is 55.9 Å². The highest BCUT2D eigenvalue weighted by Gasteiger charge is 2.28. The second kappa shape index (κ2) is 10.4. The molecule has 2 amide bonds. The predicted octanol–water partition coefficient (Wildman–Crippen LogP) is 2.60. The fourth-order valence-electron chi connectivity index (χ4n) is 3.76. The second-order valence-electron chi connectivity index (χ2n) is 8.08. The Morgan fingerprint density at radius 1 is 1.00 bits per heavy atom. The van der Waals surface area contributed by atoms with Crippen molar-refractivity contribution in [2.24, 2.45) is 0 Å². The van der Waals surface area contributed by atoms with Gasteiger partial charge in [-0.15, -0.1) is 0 Å². The fourth-order valence-corrected chi connectivity index (χ4v) is 3.76. The van der Waals surface area contributed by atoms with E-state index in [4.69, 9.17) is 0 Å². The van der Waals surface area contributed by atoms with Crippen LogP contribution in [0.2, 0.25) is 0 Å². The Balaban J connectivity index is 1.44. The van der Waals surface area contributed by atoms with Crippen LogP contribution in [0.3, 0.4) is 0 Å². The molecule has 1 saturated heterocycles. The molecule has 160 valence electrons. The first-order valence-electron chi connectivity index (χ1n) is 10.5. The molecule has 1 heterocycles. The van der Waals surface area contributed by atoms with E-state index in [1.165, 1.54) is 10.5 Å². The van der Waals surface area contributed by atoms with Crippen molar-refractivity contribution < 1.29 is 9.59 Å². The molecule has 1 N–H and O–H groups in total. The van der Waals surface area contributed by atoms with E-state index in [0.29, 0.717) is 0 Å². The molecule has 0 radical (unpaired) electrons.